The molecule has 0 fully saturated rings. The standard InChI is InChI=1S/C15H18N4O3S/c1-9(16-10(2)20)14(21)17-15-19-18-13(23-15)8-11-5-4-6-12(7-11)22-3/h4-7,9H,8H2,1-3H3,(H,16,20)(H,17,19,21)/t9-/m0/s1. The van der Waals surface area contributed by atoms with Crippen molar-refractivity contribution in [1.82, 2.24) is 15.5 Å². The molecule has 0 saturated heterocycles. The number of carbonyl (C=O) groups excluding carboxylic acids is 2. The highest BCUT2D eigenvalue weighted by Gasteiger charge is 2.16. The van der Waals surface area contributed by atoms with E-state index in [2.05, 4.69) is 20.8 Å². The molecule has 0 aliphatic rings. The first kappa shape index (κ1) is 16.9. The van der Waals surface area contributed by atoms with E-state index in [0.717, 1.165) is 16.3 Å². The molecule has 8 heteroatoms. The van der Waals surface area contributed by atoms with Gasteiger partial charge in [-0.15, -0.1) is 10.2 Å². The van der Waals surface area contributed by atoms with Gasteiger partial charge in [-0.25, -0.2) is 0 Å². The third kappa shape index (κ3) is 5.03. The van der Waals surface area contributed by atoms with Crippen LogP contribution >= 0.6 is 11.3 Å². The molecule has 0 saturated carbocycles. The zero-order valence-corrected chi connectivity index (χ0v) is 13.9. The SMILES string of the molecule is COc1cccc(Cc2nnc(NC(=O)[C@H](C)NC(C)=O)s2)c1. The number of hydrogen-bond donors (Lipinski definition) is 2. The van der Waals surface area contributed by atoms with E-state index in [4.69, 9.17) is 4.74 Å². The molecule has 2 N–H and O–H groups in total. The molecule has 122 valence electrons. The molecule has 1 atom stereocenters. The van der Waals surface area contributed by atoms with Crippen molar-refractivity contribution < 1.29 is 14.3 Å². The van der Waals surface area contributed by atoms with Gasteiger partial charge in [0.25, 0.3) is 0 Å². The number of amides is 2. The number of nitrogens with one attached hydrogen (secondary N) is 2. The highest BCUT2D eigenvalue weighted by molar-refractivity contribution is 7.15. The van der Waals surface area contributed by atoms with Crippen LogP contribution in [-0.2, 0) is 16.0 Å². The van der Waals surface area contributed by atoms with E-state index >= 15 is 0 Å². The van der Waals surface area contributed by atoms with Gasteiger partial charge in [-0.1, -0.05) is 23.5 Å². The fraction of sp³-hybridized carbons (Fsp3) is 0.333. The molecule has 1 aromatic carbocycles. The normalized spacial score (nSPS) is 11.6. The van der Waals surface area contributed by atoms with Gasteiger partial charge in [0.15, 0.2) is 0 Å². The number of aromatic nitrogens is 2. The molecule has 23 heavy (non-hydrogen) atoms. The van der Waals surface area contributed by atoms with Crippen molar-refractivity contribution >= 4 is 28.3 Å². The Morgan fingerprint density at radius 2 is 2.13 bits per heavy atom. The maximum Gasteiger partial charge on any atom is 0.248 e. The summed E-state index contributed by atoms with van der Waals surface area (Å²) < 4.78 is 5.18. The van der Waals surface area contributed by atoms with E-state index in [1.165, 1.54) is 18.3 Å². The quantitative estimate of drug-likeness (QED) is 0.837. The fourth-order valence-corrected chi connectivity index (χ4v) is 2.69. The van der Waals surface area contributed by atoms with E-state index in [0.29, 0.717) is 11.6 Å². The Labute approximate surface area is 138 Å². The van der Waals surface area contributed by atoms with E-state index in [1.807, 2.05) is 24.3 Å². The lowest BCUT2D eigenvalue weighted by molar-refractivity contribution is -0.124. The Bertz CT molecular complexity index is 702. The molecule has 0 aliphatic heterocycles. The molecule has 7 nitrogen and oxygen atoms in total. The van der Waals surface area contributed by atoms with Gasteiger partial charge in [-0.3, -0.25) is 14.9 Å². The van der Waals surface area contributed by atoms with Gasteiger partial charge >= 0.3 is 0 Å². The van der Waals surface area contributed by atoms with Crippen LogP contribution in [0.5, 0.6) is 5.75 Å². The predicted molar refractivity (Wildman–Crippen MR) is 87.6 cm³/mol. The van der Waals surface area contributed by atoms with Gasteiger partial charge in [-0.2, -0.15) is 0 Å². The number of nitrogens with zero attached hydrogens (tertiary/aromatic N) is 2. The first-order chi connectivity index (χ1) is 11.0. The van der Waals surface area contributed by atoms with Crippen LogP contribution in [0.15, 0.2) is 24.3 Å². The average Bonchev–Trinajstić information content (AvgIpc) is 2.93. The number of carbonyl (C=O) groups is 2. The first-order valence-corrected chi connectivity index (χ1v) is 7.83. The maximum atomic E-state index is 11.9. The number of rotatable bonds is 6. The third-order valence-electron chi connectivity index (χ3n) is 3.00. The summed E-state index contributed by atoms with van der Waals surface area (Å²) in [5.41, 5.74) is 1.05. The van der Waals surface area contributed by atoms with Crippen molar-refractivity contribution in [2.45, 2.75) is 26.3 Å². The Morgan fingerprint density at radius 3 is 2.83 bits per heavy atom. The summed E-state index contributed by atoms with van der Waals surface area (Å²) in [5.74, 6) is 0.192. The lowest BCUT2D eigenvalue weighted by Gasteiger charge is -2.10. The largest absolute Gasteiger partial charge is 0.497 e. The van der Waals surface area contributed by atoms with Crippen LogP contribution < -0.4 is 15.4 Å². The van der Waals surface area contributed by atoms with Gasteiger partial charge in [0.1, 0.15) is 16.8 Å². The molecule has 1 heterocycles. The first-order valence-electron chi connectivity index (χ1n) is 7.01. The average molecular weight is 334 g/mol. The van der Waals surface area contributed by atoms with Crippen molar-refractivity contribution in [3.63, 3.8) is 0 Å². The maximum absolute atomic E-state index is 11.9. The lowest BCUT2D eigenvalue weighted by atomic mass is 10.1. The number of anilines is 1. The summed E-state index contributed by atoms with van der Waals surface area (Å²) in [6.45, 7) is 2.97. The highest BCUT2D eigenvalue weighted by atomic mass is 32.1. The van der Waals surface area contributed by atoms with Crippen molar-refractivity contribution in [1.29, 1.82) is 0 Å². The van der Waals surface area contributed by atoms with Gasteiger partial charge in [0.05, 0.1) is 7.11 Å². The minimum absolute atomic E-state index is 0.261. The van der Waals surface area contributed by atoms with Crippen LogP contribution in [0.4, 0.5) is 5.13 Å². The number of ether oxygens (including phenoxy) is 1. The number of hydrogen-bond acceptors (Lipinski definition) is 6. The smallest absolute Gasteiger partial charge is 0.248 e. The Balaban J connectivity index is 1.97. The van der Waals surface area contributed by atoms with Crippen molar-refractivity contribution in [2.75, 3.05) is 12.4 Å². The van der Waals surface area contributed by atoms with Crippen LogP contribution in [-0.4, -0.2) is 35.2 Å². The second-order valence-corrected chi connectivity index (χ2v) is 6.00. The van der Waals surface area contributed by atoms with Gasteiger partial charge in [-0.05, 0) is 24.6 Å². The van der Waals surface area contributed by atoms with E-state index in [-0.39, 0.29) is 11.8 Å². The van der Waals surface area contributed by atoms with Gasteiger partial charge in [0, 0.05) is 13.3 Å². The summed E-state index contributed by atoms with van der Waals surface area (Å²) in [4.78, 5) is 22.8. The Morgan fingerprint density at radius 1 is 1.35 bits per heavy atom. The number of benzene rings is 1. The number of methoxy groups -OCH3 is 1. The molecule has 2 rings (SSSR count). The second-order valence-electron chi connectivity index (χ2n) is 4.94. The second kappa shape index (κ2) is 7.68. The van der Waals surface area contributed by atoms with Crippen LogP contribution in [0, 0.1) is 0 Å². The Kier molecular flexibility index (Phi) is 5.64. The molecule has 0 bridgehead atoms. The molecule has 0 aliphatic carbocycles. The summed E-state index contributed by atoms with van der Waals surface area (Å²) in [5, 5.41) is 14.4. The predicted octanol–water partition coefficient (Wildman–Crippen LogP) is 1.60. The van der Waals surface area contributed by atoms with Crippen LogP contribution in [0.2, 0.25) is 0 Å². The van der Waals surface area contributed by atoms with Crippen molar-refractivity contribution in [2.24, 2.45) is 0 Å². The van der Waals surface area contributed by atoms with Gasteiger partial charge < -0.3 is 10.1 Å². The van der Waals surface area contributed by atoms with Gasteiger partial charge in [0.2, 0.25) is 16.9 Å². The Hall–Kier alpha value is -2.48. The topological polar surface area (TPSA) is 93.2 Å². The van der Waals surface area contributed by atoms with E-state index in [1.54, 1.807) is 14.0 Å². The molecule has 2 aromatic rings. The van der Waals surface area contributed by atoms with Crippen LogP contribution in [0.25, 0.3) is 0 Å². The molecular weight excluding hydrogens is 316 g/mol. The van der Waals surface area contributed by atoms with E-state index < -0.39 is 6.04 Å². The molecular formula is C15H18N4O3S. The monoisotopic (exact) mass is 334 g/mol. The van der Waals surface area contributed by atoms with E-state index in [9.17, 15) is 9.59 Å². The van der Waals surface area contributed by atoms with Crippen LogP contribution in [0.3, 0.4) is 0 Å². The summed E-state index contributed by atoms with van der Waals surface area (Å²) in [6.07, 6.45) is 0.603. The zero-order chi connectivity index (χ0) is 16.8. The summed E-state index contributed by atoms with van der Waals surface area (Å²) in [7, 11) is 1.62. The third-order valence-corrected chi connectivity index (χ3v) is 3.84. The molecule has 0 unspecified atom stereocenters. The lowest BCUT2D eigenvalue weighted by Crippen LogP contribution is -2.40. The minimum Gasteiger partial charge on any atom is -0.497 e. The minimum atomic E-state index is -0.627. The highest BCUT2D eigenvalue weighted by Crippen LogP contribution is 2.21. The zero-order valence-electron chi connectivity index (χ0n) is 13.1. The molecule has 2 amide bonds. The fourth-order valence-electron chi connectivity index (χ4n) is 1.92. The summed E-state index contributed by atoms with van der Waals surface area (Å²) in [6, 6.07) is 7.06. The van der Waals surface area contributed by atoms with Crippen LogP contribution in [0.1, 0.15) is 24.4 Å². The molecule has 0 radical (unpaired) electrons. The van der Waals surface area contributed by atoms with Crippen molar-refractivity contribution in [3.05, 3.63) is 34.8 Å². The van der Waals surface area contributed by atoms with Crippen molar-refractivity contribution in [3.8, 4) is 5.75 Å². The summed E-state index contributed by atoms with van der Waals surface area (Å²) >= 11 is 1.30. The molecule has 1 aromatic heterocycles. The molecule has 0 spiro atoms.